The number of amides is 1. The SMILES string of the molecule is CC1CCc2sc(-c3nnc(SCC(=O)Nc4ccc(Cl)cc4)o3)cc2C1. The number of fused-ring (bicyclic) bond motifs is 1. The van der Waals surface area contributed by atoms with Gasteiger partial charge in [-0.2, -0.15) is 0 Å². The van der Waals surface area contributed by atoms with Crippen molar-refractivity contribution < 1.29 is 9.21 Å². The Kier molecular flexibility index (Phi) is 5.52. The summed E-state index contributed by atoms with van der Waals surface area (Å²) >= 11 is 8.80. The second-order valence-corrected chi connectivity index (χ2v) is 9.12. The molecule has 4 rings (SSSR count). The van der Waals surface area contributed by atoms with Crippen LogP contribution in [0.25, 0.3) is 10.8 Å². The summed E-state index contributed by atoms with van der Waals surface area (Å²) in [4.78, 5) is 14.5. The van der Waals surface area contributed by atoms with Gasteiger partial charge in [0, 0.05) is 15.6 Å². The van der Waals surface area contributed by atoms with Crippen LogP contribution in [0, 0.1) is 5.92 Å². The summed E-state index contributed by atoms with van der Waals surface area (Å²) in [5.74, 6) is 1.32. The fraction of sp³-hybridized carbons (Fsp3) is 0.316. The summed E-state index contributed by atoms with van der Waals surface area (Å²) in [6.45, 7) is 2.29. The van der Waals surface area contributed by atoms with Gasteiger partial charge in [0.05, 0.1) is 10.6 Å². The lowest BCUT2D eigenvalue weighted by atomic mass is 9.90. The molecule has 1 unspecified atom stereocenters. The molecule has 8 heteroatoms. The number of aromatic nitrogens is 2. The number of carbonyl (C=O) groups is 1. The Labute approximate surface area is 170 Å². The molecule has 5 nitrogen and oxygen atoms in total. The van der Waals surface area contributed by atoms with Gasteiger partial charge in [0.25, 0.3) is 11.1 Å². The molecule has 0 bridgehead atoms. The number of hydrogen-bond donors (Lipinski definition) is 1. The Bertz CT molecular complexity index is 952. The standard InChI is InChI=1S/C19H18ClN3O2S2/c1-11-2-7-15-12(8-11)9-16(27-15)18-22-23-19(25-18)26-10-17(24)21-14-5-3-13(20)4-6-14/h3-6,9,11H,2,7-8,10H2,1H3,(H,21,24). The molecular formula is C19H18ClN3O2S2. The predicted molar refractivity (Wildman–Crippen MR) is 110 cm³/mol. The van der Waals surface area contributed by atoms with Crippen molar-refractivity contribution in [3.8, 4) is 10.8 Å². The zero-order valence-electron chi connectivity index (χ0n) is 14.7. The molecule has 0 radical (unpaired) electrons. The highest BCUT2D eigenvalue weighted by molar-refractivity contribution is 7.99. The van der Waals surface area contributed by atoms with E-state index in [2.05, 4.69) is 28.5 Å². The van der Waals surface area contributed by atoms with Gasteiger partial charge in [-0.1, -0.05) is 30.3 Å². The monoisotopic (exact) mass is 419 g/mol. The lowest BCUT2D eigenvalue weighted by Crippen LogP contribution is -2.13. The molecule has 3 aromatic rings. The second kappa shape index (κ2) is 8.04. The fourth-order valence-electron chi connectivity index (χ4n) is 3.04. The van der Waals surface area contributed by atoms with Crippen LogP contribution in [0.1, 0.15) is 23.8 Å². The third-order valence-electron chi connectivity index (χ3n) is 4.40. The smallest absolute Gasteiger partial charge is 0.277 e. The van der Waals surface area contributed by atoms with Gasteiger partial charge in [-0.25, -0.2) is 0 Å². The lowest BCUT2D eigenvalue weighted by Gasteiger charge is -2.16. The van der Waals surface area contributed by atoms with Gasteiger partial charge in [0.2, 0.25) is 5.91 Å². The van der Waals surface area contributed by atoms with Crippen LogP contribution in [0.2, 0.25) is 5.02 Å². The maximum atomic E-state index is 12.1. The summed E-state index contributed by atoms with van der Waals surface area (Å²) < 4.78 is 5.74. The molecular weight excluding hydrogens is 402 g/mol. The van der Waals surface area contributed by atoms with Crippen molar-refractivity contribution in [1.82, 2.24) is 10.2 Å². The summed E-state index contributed by atoms with van der Waals surface area (Å²) in [5.41, 5.74) is 2.11. The van der Waals surface area contributed by atoms with E-state index in [4.69, 9.17) is 16.0 Å². The van der Waals surface area contributed by atoms with E-state index in [1.54, 1.807) is 35.6 Å². The zero-order chi connectivity index (χ0) is 18.8. The molecule has 1 aliphatic rings. The molecule has 0 saturated heterocycles. The number of rotatable bonds is 5. The number of benzene rings is 1. The number of nitrogens with zero attached hydrogens (tertiary/aromatic N) is 2. The molecule has 1 aliphatic carbocycles. The Morgan fingerprint density at radius 2 is 2.19 bits per heavy atom. The molecule has 1 aromatic carbocycles. The number of nitrogens with one attached hydrogen (secondary N) is 1. The van der Waals surface area contributed by atoms with Gasteiger partial charge >= 0.3 is 0 Å². The first kappa shape index (κ1) is 18.5. The maximum absolute atomic E-state index is 12.1. The number of aryl methyl sites for hydroxylation is 1. The van der Waals surface area contributed by atoms with Crippen LogP contribution in [0.4, 0.5) is 5.69 Å². The van der Waals surface area contributed by atoms with Crippen LogP contribution in [0.5, 0.6) is 0 Å². The maximum Gasteiger partial charge on any atom is 0.277 e. The normalized spacial score (nSPS) is 16.1. The van der Waals surface area contributed by atoms with Crippen LogP contribution in [-0.2, 0) is 17.6 Å². The Hall–Kier alpha value is -1.83. The molecule has 27 heavy (non-hydrogen) atoms. The summed E-state index contributed by atoms with van der Waals surface area (Å²) in [6.07, 6.45) is 3.48. The Morgan fingerprint density at radius 1 is 1.37 bits per heavy atom. The molecule has 0 fully saturated rings. The fourth-order valence-corrected chi connectivity index (χ4v) is 4.86. The van der Waals surface area contributed by atoms with Crippen molar-refractivity contribution in [2.45, 2.75) is 31.4 Å². The van der Waals surface area contributed by atoms with Gasteiger partial charge in [0.15, 0.2) is 0 Å². The first-order valence-electron chi connectivity index (χ1n) is 8.70. The topological polar surface area (TPSA) is 68.0 Å². The first-order valence-corrected chi connectivity index (χ1v) is 10.9. The summed E-state index contributed by atoms with van der Waals surface area (Å²) in [6, 6.07) is 9.15. The van der Waals surface area contributed by atoms with Gasteiger partial charge in [-0.05, 0) is 61.1 Å². The molecule has 1 N–H and O–H groups in total. The Morgan fingerprint density at radius 3 is 3.00 bits per heavy atom. The lowest BCUT2D eigenvalue weighted by molar-refractivity contribution is -0.113. The molecule has 2 aromatic heterocycles. The van der Waals surface area contributed by atoms with Crippen molar-refractivity contribution >= 4 is 46.3 Å². The third-order valence-corrected chi connectivity index (χ3v) is 6.70. The van der Waals surface area contributed by atoms with Crippen molar-refractivity contribution in [3.63, 3.8) is 0 Å². The van der Waals surface area contributed by atoms with E-state index in [-0.39, 0.29) is 11.7 Å². The highest BCUT2D eigenvalue weighted by atomic mass is 35.5. The van der Waals surface area contributed by atoms with E-state index in [9.17, 15) is 4.79 Å². The highest BCUT2D eigenvalue weighted by Gasteiger charge is 2.21. The van der Waals surface area contributed by atoms with Crippen molar-refractivity contribution in [2.24, 2.45) is 5.92 Å². The summed E-state index contributed by atoms with van der Waals surface area (Å²) in [5, 5.41) is 12.0. The third kappa shape index (κ3) is 4.54. The van der Waals surface area contributed by atoms with Crippen LogP contribution < -0.4 is 5.32 Å². The summed E-state index contributed by atoms with van der Waals surface area (Å²) in [7, 11) is 0. The molecule has 0 spiro atoms. The second-order valence-electron chi connectivity index (χ2n) is 6.62. The molecule has 0 saturated carbocycles. The number of carbonyl (C=O) groups excluding carboxylic acids is 1. The van der Waals surface area contributed by atoms with E-state index in [1.165, 1.54) is 28.6 Å². The van der Waals surface area contributed by atoms with Crippen molar-refractivity contribution in [3.05, 3.63) is 45.8 Å². The number of thiophene rings is 1. The van der Waals surface area contributed by atoms with E-state index >= 15 is 0 Å². The van der Waals surface area contributed by atoms with Gasteiger partial charge in [0.1, 0.15) is 0 Å². The molecule has 1 amide bonds. The highest BCUT2D eigenvalue weighted by Crippen LogP contribution is 2.37. The molecule has 140 valence electrons. The van der Waals surface area contributed by atoms with E-state index < -0.39 is 0 Å². The largest absolute Gasteiger partial charge is 0.410 e. The number of anilines is 1. The minimum Gasteiger partial charge on any atom is -0.410 e. The quantitative estimate of drug-likeness (QED) is 0.568. The van der Waals surface area contributed by atoms with E-state index in [0.29, 0.717) is 21.8 Å². The first-order chi connectivity index (χ1) is 13.1. The average Bonchev–Trinajstić information content (AvgIpc) is 3.28. The Balaban J connectivity index is 1.35. The van der Waals surface area contributed by atoms with Crippen molar-refractivity contribution in [1.29, 1.82) is 0 Å². The van der Waals surface area contributed by atoms with Crippen LogP contribution in [0.3, 0.4) is 0 Å². The minimum absolute atomic E-state index is 0.136. The van der Waals surface area contributed by atoms with Gasteiger partial charge in [-0.15, -0.1) is 21.5 Å². The molecule has 1 atom stereocenters. The predicted octanol–water partition coefficient (Wildman–Crippen LogP) is 5.31. The van der Waals surface area contributed by atoms with Crippen LogP contribution >= 0.6 is 34.7 Å². The minimum atomic E-state index is -0.136. The molecule has 0 aliphatic heterocycles. The number of hydrogen-bond acceptors (Lipinski definition) is 6. The molecule has 2 heterocycles. The number of thioether (sulfide) groups is 1. The van der Waals surface area contributed by atoms with Gasteiger partial charge in [-0.3, -0.25) is 4.79 Å². The van der Waals surface area contributed by atoms with E-state index in [1.807, 2.05) is 0 Å². The number of halogens is 1. The van der Waals surface area contributed by atoms with Crippen LogP contribution in [0.15, 0.2) is 40.0 Å². The van der Waals surface area contributed by atoms with E-state index in [0.717, 1.165) is 23.6 Å². The van der Waals surface area contributed by atoms with Crippen molar-refractivity contribution in [2.75, 3.05) is 11.1 Å². The van der Waals surface area contributed by atoms with Crippen LogP contribution in [-0.4, -0.2) is 21.9 Å². The average molecular weight is 420 g/mol. The van der Waals surface area contributed by atoms with Gasteiger partial charge < -0.3 is 9.73 Å². The zero-order valence-corrected chi connectivity index (χ0v) is 17.1.